The van der Waals surface area contributed by atoms with Crippen molar-refractivity contribution < 1.29 is 4.79 Å². The first-order valence-corrected chi connectivity index (χ1v) is 10.2. The average Bonchev–Trinajstić information content (AvgIpc) is 3.16. The lowest BCUT2D eigenvalue weighted by atomic mass is 9.76. The van der Waals surface area contributed by atoms with Crippen LogP contribution in [0.2, 0.25) is 0 Å². The van der Waals surface area contributed by atoms with Crippen molar-refractivity contribution in [3.05, 3.63) is 47.8 Å². The van der Waals surface area contributed by atoms with E-state index in [1.165, 1.54) is 5.69 Å². The molecule has 2 aromatic rings. The van der Waals surface area contributed by atoms with Gasteiger partial charge in [0.2, 0.25) is 5.91 Å². The molecular weight excluding hydrogens is 350 g/mol. The van der Waals surface area contributed by atoms with Crippen LogP contribution in [0.5, 0.6) is 0 Å². The molecule has 2 aliphatic rings. The van der Waals surface area contributed by atoms with Crippen LogP contribution in [-0.2, 0) is 18.4 Å². The molecule has 2 aliphatic heterocycles. The lowest BCUT2D eigenvalue weighted by Gasteiger charge is -2.39. The number of likely N-dealkylation sites (N-methyl/N-ethyl adjacent to an activating group) is 1. The van der Waals surface area contributed by atoms with E-state index in [-0.39, 0.29) is 17.4 Å². The third kappa shape index (κ3) is 3.98. The summed E-state index contributed by atoms with van der Waals surface area (Å²) < 4.78 is 1.99. The summed E-state index contributed by atoms with van der Waals surface area (Å²) in [5.41, 5.74) is 3.50. The molecule has 1 unspecified atom stereocenters. The monoisotopic (exact) mass is 381 g/mol. The van der Waals surface area contributed by atoms with Crippen molar-refractivity contribution in [2.24, 2.45) is 12.5 Å². The third-order valence-electron chi connectivity index (χ3n) is 6.49. The first-order chi connectivity index (χ1) is 13.4. The van der Waals surface area contributed by atoms with Crippen LogP contribution in [0, 0.1) is 12.3 Å². The zero-order valence-electron chi connectivity index (χ0n) is 17.2. The fraction of sp³-hybridized carbons (Fsp3) is 0.545. The minimum atomic E-state index is -0.0357. The predicted molar refractivity (Wildman–Crippen MR) is 111 cm³/mol. The summed E-state index contributed by atoms with van der Waals surface area (Å²) in [6, 6.07) is 11.9. The Morgan fingerprint density at radius 3 is 2.57 bits per heavy atom. The molecule has 1 spiro atoms. The van der Waals surface area contributed by atoms with E-state index in [9.17, 15) is 4.79 Å². The molecule has 6 heteroatoms. The number of hydrogen-bond acceptors (Lipinski definition) is 4. The van der Waals surface area contributed by atoms with Crippen molar-refractivity contribution in [1.29, 1.82) is 0 Å². The van der Waals surface area contributed by atoms with E-state index in [4.69, 9.17) is 0 Å². The predicted octanol–water partition coefficient (Wildman–Crippen LogP) is 2.65. The number of para-hydroxylation sites is 1. The van der Waals surface area contributed by atoms with E-state index in [0.29, 0.717) is 0 Å². The van der Waals surface area contributed by atoms with E-state index in [1.807, 2.05) is 49.0 Å². The highest BCUT2D eigenvalue weighted by atomic mass is 16.2. The Kier molecular flexibility index (Phi) is 5.25. The van der Waals surface area contributed by atoms with Gasteiger partial charge in [-0.05, 0) is 69.9 Å². The maximum absolute atomic E-state index is 12.8. The number of carbonyl (C=O) groups is 1. The van der Waals surface area contributed by atoms with Crippen molar-refractivity contribution in [1.82, 2.24) is 19.6 Å². The summed E-state index contributed by atoms with van der Waals surface area (Å²) in [4.78, 5) is 17.6. The van der Waals surface area contributed by atoms with Gasteiger partial charge in [0, 0.05) is 25.8 Å². The van der Waals surface area contributed by atoms with Gasteiger partial charge in [0.25, 0.3) is 0 Å². The number of nitrogens with zero attached hydrogens (tertiary/aromatic N) is 4. The Hall–Kier alpha value is -2.18. The first-order valence-electron chi connectivity index (χ1n) is 10.2. The number of likely N-dealkylation sites (tertiary alicyclic amines) is 2. The molecular formula is C22H31N5O. The molecule has 0 bridgehead atoms. The Labute approximate surface area is 167 Å². The van der Waals surface area contributed by atoms with Gasteiger partial charge in [-0.2, -0.15) is 5.10 Å². The number of carbonyl (C=O) groups excluding carboxylic acids is 1. The zero-order valence-corrected chi connectivity index (χ0v) is 17.2. The minimum absolute atomic E-state index is 0.0357. The van der Waals surface area contributed by atoms with E-state index in [0.717, 1.165) is 56.8 Å². The number of hydrogen-bond donors (Lipinski definition) is 1. The highest BCUT2D eigenvalue weighted by molar-refractivity contribution is 5.95. The van der Waals surface area contributed by atoms with Crippen LogP contribution in [-0.4, -0.2) is 58.2 Å². The largest absolute Gasteiger partial charge is 0.325 e. The highest BCUT2D eigenvalue weighted by Crippen LogP contribution is 2.43. The number of benzene rings is 1. The molecule has 6 nitrogen and oxygen atoms in total. The van der Waals surface area contributed by atoms with Crippen LogP contribution in [0.25, 0.3) is 0 Å². The fourth-order valence-electron chi connectivity index (χ4n) is 4.90. The summed E-state index contributed by atoms with van der Waals surface area (Å²) in [6.07, 6.45) is 3.27. The Balaban J connectivity index is 1.34. The van der Waals surface area contributed by atoms with Gasteiger partial charge in [0.15, 0.2) is 0 Å². The second kappa shape index (κ2) is 7.68. The molecule has 0 aliphatic carbocycles. The topological polar surface area (TPSA) is 53.4 Å². The van der Waals surface area contributed by atoms with Gasteiger partial charge in [0.1, 0.15) is 0 Å². The average molecular weight is 382 g/mol. The van der Waals surface area contributed by atoms with Gasteiger partial charge in [-0.15, -0.1) is 0 Å². The Morgan fingerprint density at radius 1 is 1.21 bits per heavy atom. The van der Waals surface area contributed by atoms with E-state index in [2.05, 4.69) is 33.3 Å². The lowest BCUT2D eigenvalue weighted by molar-refractivity contribution is -0.120. The first kappa shape index (κ1) is 19.2. The fourth-order valence-corrected chi connectivity index (χ4v) is 4.90. The number of aryl methyl sites for hydroxylation is 2. The molecule has 28 heavy (non-hydrogen) atoms. The zero-order chi connectivity index (χ0) is 19.7. The molecule has 4 rings (SSSR count). The molecule has 1 aromatic carbocycles. The number of aromatic nitrogens is 2. The SMILES string of the molecule is Cc1cc(CN2CCC3(CC2)CC(C(=O)Nc2ccccc2)N(C)C3)n(C)n1. The highest BCUT2D eigenvalue weighted by Gasteiger charge is 2.46. The van der Waals surface area contributed by atoms with E-state index >= 15 is 0 Å². The molecule has 0 radical (unpaired) electrons. The van der Waals surface area contributed by atoms with Crippen LogP contribution >= 0.6 is 0 Å². The van der Waals surface area contributed by atoms with Crippen molar-refractivity contribution in [3.63, 3.8) is 0 Å². The Morgan fingerprint density at radius 2 is 1.93 bits per heavy atom. The molecule has 3 heterocycles. The molecule has 2 fully saturated rings. The van der Waals surface area contributed by atoms with E-state index < -0.39 is 0 Å². The minimum Gasteiger partial charge on any atom is -0.325 e. The third-order valence-corrected chi connectivity index (χ3v) is 6.49. The molecule has 1 atom stereocenters. The molecule has 1 aromatic heterocycles. The van der Waals surface area contributed by atoms with Crippen molar-refractivity contribution in [2.45, 2.75) is 38.8 Å². The summed E-state index contributed by atoms with van der Waals surface area (Å²) in [5.74, 6) is 0.123. The van der Waals surface area contributed by atoms with Crippen molar-refractivity contribution in [2.75, 3.05) is 32.0 Å². The summed E-state index contributed by atoms with van der Waals surface area (Å²) in [5, 5.41) is 7.55. The van der Waals surface area contributed by atoms with E-state index in [1.54, 1.807) is 0 Å². The van der Waals surface area contributed by atoms with Gasteiger partial charge >= 0.3 is 0 Å². The summed E-state index contributed by atoms with van der Waals surface area (Å²) in [7, 11) is 4.12. The lowest BCUT2D eigenvalue weighted by Crippen LogP contribution is -2.41. The number of anilines is 1. The van der Waals surface area contributed by atoms with Gasteiger partial charge in [-0.25, -0.2) is 0 Å². The number of nitrogens with one attached hydrogen (secondary N) is 1. The molecule has 2 saturated heterocycles. The summed E-state index contributed by atoms with van der Waals surface area (Å²) in [6.45, 7) is 6.19. The van der Waals surface area contributed by atoms with Gasteiger partial charge < -0.3 is 5.32 Å². The maximum Gasteiger partial charge on any atom is 0.241 e. The van der Waals surface area contributed by atoms with Crippen molar-refractivity contribution >= 4 is 11.6 Å². The molecule has 1 amide bonds. The van der Waals surface area contributed by atoms with Crippen LogP contribution in [0.4, 0.5) is 5.69 Å². The summed E-state index contributed by atoms with van der Waals surface area (Å²) >= 11 is 0. The van der Waals surface area contributed by atoms with Crippen LogP contribution in [0.1, 0.15) is 30.7 Å². The smallest absolute Gasteiger partial charge is 0.241 e. The van der Waals surface area contributed by atoms with Gasteiger partial charge in [-0.3, -0.25) is 19.3 Å². The van der Waals surface area contributed by atoms with Crippen LogP contribution < -0.4 is 5.32 Å². The normalized spacial score (nSPS) is 22.6. The molecule has 0 saturated carbocycles. The second-order valence-electron chi connectivity index (χ2n) is 8.67. The standard InChI is InChI=1S/C22H31N5O/c1-17-13-19(26(3)24-17)15-27-11-9-22(10-12-27)14-20(25(2)16-22)21(28)23-18-7-5-4-6-8-18/h4-8,13,20H,9-12,14-16H2,1-3H3,(H,23,28). The van der Waals surface area contributed by atoms with Crippen molar-refractivity contribution in [3.8, 4) is 0 Å². The van der Waals surface area contributed by atoms with Gasteiger partial charge in [0.05, 0.1) is 17.4 Å². The maximum atomic E-state index is 12.8. The molecule has 1 N–H and O–H groups in total. The number of rotatable bonds is 4. The quantitative estimate of drug-likeness (QED) is 0.885. The van der Waals surface area contributed by atoms with Crippen LogP contribution in [0.15, 0.2) is 36.4 Å². The van der Waals surface area contributed by atoms with Gasteiger partial charge in [-0.1, -0.05) is 18.2 Å². The number of piperidine rings is 1. The van der Waals surface area contributed by atoms with Crippen LogP contribution in [0.3, 0.4) is 0 Å². The Bertz CT molecular complexity index is 823. The number of amides is 1. The molecule has 150 valence electrons. The second-order valence-corrected chi connectivity index (χ2v) is 8.67.